The van der Waals surface area contributed by atoms with E-state index in [1.165, 1.54) is 12.8 Å². The maximum Gasteiger partial charge on any atom is 0.0808 e. The first-order valence-electron chi connectivity index (χ1n) is 6.28. The van der Waals surface area contributed by atoms with Crippen LogP contribution in [0.25, 0.3) is 0 Å². The molecule has 0 radical (unpaired) electrons. The number of hydrogen-bond donors (Lipinski definition) is 1. The van der Waals surface area contributed by atoms with Crippen molar-refractivity contribution >= 4 is 0 Å². The minimum absolute atomic E-state index is 0.305. The lowest BCUT2D eigenvalue weighted by molar-refractivity contribution is -0.0365. The van der Waals surface area contributed by atoms with Gasteiger partial charge in [-0.15, -0.1) is 0 Å². The van der Waals surface area contributed by atoms with Crippen molar-refractivity contribution in [3.05, 3.63) is 12.2 Å². The fourth-order valence-electron chi connectivity index (χ4n) is 1.67. The first kappa shape index (κ1) is 13.7. The molecule has 3 heteroatoms. The first-order chi connectivity index (χ1) is 7.68. The molecule has 94 valence electrons. The van der Waals surface area contributed by atoms with Gasteiger partial charge in [-0.25, -0.2) is 0 Å². The Morgan fingerprint density at radius 3 is 2.94 bits per heavy atom. The topological polar surface area (TPSA) is 30.5 Å². The molecule has 0 amide bonds. The lowest BCUT2D eigenvalue weighted by Crippen LogP contribution is -2.28. The summed E-state index contributed by atoms with van der Waals surface area (Å²) in [5.41, 5.74) is 1.10. The van der Waals surface area contributed by atoms with Crippen molar-refractivity contribution in [1.82, 2.24) is 5.32 Å². The summed E-state index contributed by atoms with van der Waals surface area (Å²) >= 11 is 0. The van der Waals surface area contributed by atoms with Gasteiger partial charge >= 0.3 is 0 Å². The Kier molecular flexibility index (Phi) is 6.69. The third-order valence-corrected chi connectivity index (χ3v) is 2.64. The minimum atomic E-state index is 0.305. The van der Waals surface area contributed by atoms with Crippen LogP contribution in [-0.4, -0.2) is 38.5 Å². The van der Waals surface area contributed by atoms with E-state index in [1.54, 1.807) is 0 Å². The summed E-state index contributed by atoms with van der Waals surface area (Å²) in [7, 11) is 0. The highest BCUT2D eigenvalue weighted by Gasteiger charge is 2.13. The Labute approximate surface area is 99.2 Å². The van der Waals surface area contributed by atoms with Crippen LogP contribution < -0.4 is 5.32 Å². The normalized spacial score (nSPS) is 21.3. The lowest BCUT2D eigenvalue weighted by Gasteiger charge is -2.22. The zero-order valence-electron chi connectivity index (χ0n) is 10.6. The van der Waals surface area contributed by atoms with Crippen LogP contribution in [0.15, 0.2) is 12.2 Å². The standard InChI is InChI=1S/C13H25NO2/c1-11(2)14-8-12(3)9-15-10-13-6-4-5-7-16-13/h11,13-14H,3-10H2,1-2H3. The van der Waals surface area contributed by atoms with Crippen LogP contribution in [0.3, 0.4) is 0 Å². The average molecular weight is 227 g/mol. The molecule has 0 aromatic heterocycles. The van der Waals surface area contributed by atoms with Crippen molar-refractivity contribution in [2.75, 3.05) is 26.4 Å². The molecule has 0 saturated carbocycles. The van der Waals surface area contributed by atoms with E-state index in [0.717, 1.165) is 25.1 Å². The summed E-state index contributed by atoms with van der Waals surface area (Å²) in [6, 6.07) is 0.499. The first-order valence-corrected chi connectivity index (χ1v) is 6.28. The number of nitrogens with one attached hydrogen (secondary N) is 1. The summed E-state index contributed by atoms with van der Waals surface area (Å²) in [6.07, 6.45) is 3.90. The summed E-state index contributed by atoms with van der Waals surface area (Å²) in [5, 5.41) is 3.32. The van der Waals surface area contributed by atoms with Crippen LogP contribution in [0.4, 0.5) is 0 Å². The van der Waals surface area contributed by atoms with Gasteiger partial charge in [-0.3, -0.25) is 0 Å². The molecule has 1 fully saturated rings. The maximum atomic E-state index is 5.60. The van der Waals surface area contributed by atoms with E-state index in [1.807, 2.05) is 0 Å². The summed E-state index contributed by atoms with van der Waals surface area (Å²) in [5.74, 6) is 0. The zero-order valence-corrected chi connectivity index (χ0v) is 10.6. The largest absolute Gasteiger partial charge is 0.376 e. The van der Waals surface area contributed by atoms with E-state index < -0.39 is 0 Å². The van der Waals surface area contributed by atoms with Gasteiger partial charge in [0.15, 0.2) is 0 Å². The smallest absolute Gasteiger partial charge is 0.0808 e. The monoisotopic (exact) mass is 227 g/mol. The second kappa shape index (κ2) is 7.82. The third-order valence-electron chi connectivity index (χ3n) is 2.64. The van der Waals surface area contributed by atoms with Crippen molar-refractivity contribution in [1.29, 1.82) is 0 Å². The highest BCUT2D eigenvalue weighted by molar-refractivity contribution is 4.97. The van der Waals surface area contributed by atoms with Crippen molar-refractivity contribution in [2.24, 2.45) is 0 Å². The zero-order chi connectivity index (χ0) is 11.8. The molecule has 1 aliphatic rings. The van der Waals surface area contributed by atoms with Crippen LogP contribution in [-0.2, 0) is 9.47 Å². The van der Waals surface area contributed by atoms with Gasteiger partial charge < -0.3 is 14.8 Å². The molecule has 16 heavy (non-hydrogen) atoms. The Morgan fingerprint density at radius 2 is 2.31 bits per heavy atom. The minimum Gasteiger partial charge on any atom is -0.376 e. The number of hydrogen-bond acceptors (Lipinski definition) is 3. The molecule has 0 spiro atoms. The summed E-state index contributed by atoms with van der Waals surface area (Å²) in [4.78, 5) is 0. The van der Waals surface area contributed by atoms with Gasteiger partial charge in [0, 0.05) is 19.2 Å². The molecule has 1 unspecified atom stereocenters. The molecule has 1 heterocycles. The summed E-state index contributed by atoms with van der Waals surface area (Å²) in [6.45, 7) is 11.3. The van der Waals surface area contributed by atoms with Gasteiger partial charge in [0.1, 0.15) is 0 Å². The molecule has 1 rings (SSSR count). The molecule has 1 saturated heterocycles. The fourth-order valence-corrected chi connectivity index (χ4v) is 1.67. The molecule has 0 aromatic carbocycles. The van der Waals surface area contributed by atoms with E-state index in [9.17, 15) is 0 Å². The quantitative estimate of drug-likeness (QED) is 0.676. The van der Waals surface area contributed by atoms with Gasteiger partial charge in [-0.05, 0) is 24.8 Å². The maximum absolute atomic E-state index is 5.60. The Bertz CT molecular complexity index is 198. The van der Waals surface area contributed by atoms with Crippen LogP contribution >= 0.6 is 0 Å². The van der Waals surface area contributed by atoms with E-state index in [4.69, 9.17) is 9.47 Å². The number of rotatable bonds is 7. The third kappa shape index (κ3) is 6.26. The van der Waals surface area contributed by atoms with E-state index in [-0.39, 0.29) is 0 Å². The SMILES string of the molecule is C=C(CNC(C)C)COCC1CCCCO1. The van der Waals surface area contributed by atoms with E-state index in [2.05, 4.69) is 25.7 Å². The molecule has 1 N–H and O–H groups in total. The van der Waals surface area contributed by atoms with Gasteiger partial charge in [0.05, 0.1) is 19.3 Å². The van der Waals surface area contributed by atoms with Crippen LogP contribution in [0.5, 0.6) is 0 Å². The molecular weight excluding hydrogens is 202 g/mol. The highest BCUT2D eigenvalue weighted by atomic mass is 16.5. The molecule has 3 nitrogen and oxygen atoms in total. The molecular formula is C13H25NO2. The van der Waals surface area contributed by atoms with Crippen molar-refractivity contribution in [3.63, 3.8) is 0 Å². The summed E-state index contributed by atoms with van der Waals surface area (Å²) < 4.78 is 11.2. The second-order valence-electron chi connectivity index (χ2n) is 4.79. The van der Waals surface area contributed by atoms with E-state index in [0.29, 0.717) is 25.4 Å². The highest BCUT2D eigenvalue weighted by Crippen LogP contribution is 2.12. The van der Waals surface area contributed by atoms with Gasteiger partial charge in [-0.1, -0.05) is 20.4 Å². The van der Waals surface area contributed by atoms with Gasteiger partial charge in [-0.2, -0.15) is 0 Å². The molecule has 1 atom stereocenters. The van der Waals surface area contributed by atoms with E-state index >= 15 is 0 Å². The predicted octanol–water partition coefficient (Wildman–Crippen LogP) is 2.13. The lowest BCUT2D eigenvalue weighted by atomic mass is 10.1. The van der Waals surface area contributed by atoms with Crippen LogP contribution in [0, 0.1) is 0 Å². The Hall–Kier alpha value is -0.380. The van der Waals surface area contributed by atoms with Crippen molar-refractivity contribution in [2.45, 2.75) is 45.3 Å². The van der Waals surface area contributed by atoms with Gasteiger partial charge in [0.2, 0.25) is 0 Å². The Balaban J connectivity index is 1.99. The van der Waals surface area contributed by atoms with Crippen LogP contribution in [0.2, 0.25) is 0 Å². The Morgan fingerprint density at radius 1 is 1.50 bits per heavy atom. The number of ether oxygens (including phenoxy) is 2. The van der Waals surface area contributed by atoms with Crippen LogP contribution in [0.1, 0.15) is 33.1 Å². The second-order valence-corrected chi connectivity index (χ2v) is 4.79. The van der Waals surface area contributed by atoms with Gasteiger partial charge in [0.25, 0.3) is 0 Å². The van der Waals surface area contributed by atoms with Crippen molar-refractivity contribution in [3.8, 4) is 0 Å². The predicted molar refractivity (Wildman–Crippen MR) is 66.7 cm³/mol. The average Bonchev–Trinajstić information content (AvgIpc) is 2.28. The molecule has 0 bridgehead atoms. The molecule has 1 aliphatic heterocycles. The molecule has 0 aliphatic carbocycles. The fraction of sp³-hybridized carbons (Fsp3) is 0.846. The molecule has 0 aromatic rings. The van der Waals surface area contributed by atoms with Crippen molar-refractivity contribution < 1.29 is 9.47 Å².